The topological polar surface area (TPSA) is 51.0 Å². The molecule has 0 amide bonds. The van der Waals surface area contributed by atoms with Gasteiger partial charge in [0.25, 0.3) is 0 Å². The molecule has 1 heterocycles. The Labute approximate surface area is 126 Å². The van der Waals surface area contributed by atoms with Gasteiger partial charge in [-0.1, -0.05) is 31.2 Å². The molecule has 0 spiro atoms. The second kappa shape index (κ2) is 6.85. The highest BCUT2D eigenvalue weighted by Gasteiger charge is 2.25. The van der Waals surface area contributed by atoms with Crippen LogP contribution < -0.4 is 5.32 Å². The van der Waals surface area contributed by atoms with Crippen LogP contribution in [0.3, 0.4) is 0 Å². The van der Waals surface area contributed by atoms with Crippen LogP contribution in [0, 0.1) is 0 Å². The average Bonchev–Trinajstić information content (AvgIpc) is 3.00. The summed E-state index contributed by atoms with van der Waals surface area (Å²) in [6.07, 6.45) is 5.36. The number of nitrogens with zero attached hydrogens (tertiary/aromatic N) is 2. The predicted molar refractivity (Wildman–Crippen MR) is 82.4 cm³/mol. The van der Waals surface area contributed by atoms with Crippen molar-refractivity contribution < 1.29 is 4.42 Å². The average molecular weight is 285 g/mol. The Kier molecular flexibility index (Phi) is 4.65. The van der Waals surface area contributed by atoms with E-state index < -0.39 is 0 Å². The third kappa shape index (κ3) is 3.32. The Morgan fingerprint density at radius 2 is 2.19 bits per heavy atom. The van der Waals surface area contributed by atoms with Crippen LogP contribution in [0.2, 0.25) is 0 Å². The summed E-state index contributed by atoms with van der Waals surface area (Å²) in [6.45, 7) is 4.12. The maximum absolute atomic E-state index is 5.91. The first-order valence-corrected chi connectivity index (χ1v) is 7.99. The van der Waals surface area contributed by atoms with Crippen molar-refractivity contribution in [2.45, 2.75) is 44.9 Å². The molecule has 21 heavy (non-hydrogen) atoms. The molecule has 1 aromatic carbocycles. The van der Waals surface area contributed by atoms with E-state index in [0.29, 0.717) is 0 Å². The molecule has 0 saturated heterocycles. The maximum atomic E-state index is 5.91. The van der Waals surface area contributed by atoms with Crippen molar-refractivity contribution in [2.75, 3.05) is 13.1 Å². The molecule has 0 radical (unpaired) electrons. The molecule has 1 atom stereocenters. The van der Waals surface area contributed by atoms with E-state index >= 15 is 0 Å². The number of nitrogens with one attached hydrogen (secondary N) is 1. The normalized spacial score (nSPS) is 17.7. The van der Waals surface area contributed by atoms with Gasteiger partial charge in [-0.3, -0.25) is 0 Å². The highest BCUT2D eigenvalue weighted by atomic mass is 16.4. The molecule has 1 N–H and O–H groups in total. The van der Waals surface area contributed by atoms with Crippen LogP contribution in [0.25, 0.3) is 0 Å². The number of benzene rings is 1. The Balaban J connectivity index is 1.69. The molecule has 3 rings (SSSR count). The minimum atomic E-state index is 0.282. The monoisotopic (exact) mass is 285 g/mol. The molecule has 0 saturated carbocycles. The Hall–Kier alpha value is -1.68. The van der Waals surface area contributed by atoms with E-state index in [1.54, 1.807) is 0 Å². The number of hydrogen-bond acceptors (Lipinski definition) is 4. The first-order chi connectivity index (χ1) is 10.4. The predicted octanol–water partition coefficient (Wildman–Crippen LogP) is 3.08. The summed E-state index contributed by atoms with van der Waals surface area (Å²) in [5, 5.41) is 11.8. The molecule has 112 valence electrons. The van der Waals surface area contributed by atoms with E-state index in [0.717, 1.165) is 50.6 Å². The molecule has 1 aliphatic rings. The van der Waals surface area contributed by atoms with Crippen LogP contribution in [0.15, 0.2) is 28.7 Å². The van der Waals surface area contributed by atoms with Gasteiger partial charge < -0.3 is 9.73 Å². The van der Waals surface area contributed by atoms with Crippen molar-refractivity contribution in [3.8, 4) is 0 Å². The van der Waals surface area contributed by atoms with Gasteiger partial charge in [-0.25, -0.2) is 0 Å². The van der Waals surface area contributed by atoms with Crippen LogP contribution >= 0.6 is 0 Å². The van der Waals surface area contributed by atoms with Gasteiger partial charge in [0.15, 0.2) is 0 Å². The van der Waals surface area contributed by atoms with Crippen molar-refractivity contribution >= 4 is 0 Å². The third-order valence-corrected chi connectivity index (χ3v) is 4.14. The minimum Gasteiger partial charge on any atom is -0.425 e. The van der Waals surface area contributed by atoms with E-state index in [1.807, 2.05) is 0 Å². The van der Waals surface area contributed by atoms with Gasteiger partial charge in [0.2, 0.25) is 11.8 Å². The quantitative estimate of drug-likeness (QED) is 0.829. The number of fused-ring (bicyclic) bond motifs is 1. The molecule has 0 aliphatic heterocycles. The van der Waals surface area contributed by atoms with Crippen LogP contribution in [-0.4, -0.2) is 23.3 Å². The fourth-order valence-corrected chi connectivity index (χ4v) is 3.06. The third-order valence-electron chi connectivity index (χ3n) is 4.14. The lowest BCUT2D eigenvalue weighted by Gasteiger charge is -2.22. The zero-order valence-electron chi connectivity index (χ0n) is 12.6. The summed E-state index contributed by atoms with van der Waals surface area (Å²) in [4.78, 5) is 0. The molecular weight excluding hydrogens is 262 g/mol. The van der Waals surface area contributed by atoms with Crippen molar-refractivity contribution in [1.82, 2.24) is 15.5 Å². The lowest BCUT2D eigenvalue weighted by molar-refractivity contribution is 0.409. The number of aryl methyl sites for hydroxylation is 2. The largest absolute Gasteiger partial charge is 0.425 e. The highest BCUT2D eigenvalue weighted by Crippen LogP contribution is 2.35. The zero-order valence-corrected chi connectivity index (χ0v) is 12.6. The van der Waals surface area contributed by atoms with E-state index in [9.17, 15) is 0 Å². The second-order valence-corrected chi connectivity index (χ2v) is 5.63. The summed E-state index contributed by atoms with van der Waals surface area (Å²) >= 11 is 0. The van der Waals surface area contributed by atoms with Crippen LogP contribution in [0.1, 0.15) is 55.0 Å². The van der Waals surface area contributed by atoms with Gasteiger partial charge in [0, 0.05) is 6.42 Å². The molecule has 2 aromatic rings. The first kappa shape index (κ1) is 14.3. The fourth-order valence-electron chi connectivity index (χ4n) is 3.06. The van der Waals surface area contributed by atoms with Crippen LogP contribution in [0.5, 0.6) is 0 Å². The maximum Gasteiger partial charge on any atom is 0.224 e. The summed E-state index contributed by atoms with van der Waals surface area (Å²) in [5.74, 6) is 1.84. The fraction of sp³-hybridized carbons (Fsp3) is 0.529. The van der Waals surface area contributed by atoms with Crippen LogP contribution in [0.4, 0.5) is 0 Å². The van der Waals surface area contributed by atoms with Gasteiger partial charge in [-0.05, 0) is 49.9 Å². The first-order valence-electron chi connectivity index (χ1n) is 7.99. The van der Waals surface area contributed by atoms with Crippen molar-refractivity contribution in [2.24, 2.45) is 0 Å². The van der Waals surface area contributed by atoms with Crippen molar-refractivity contribution in [1.29, 1.82) is 0 Å². The van der Waals surface area contributed by atoms with Gasteiger partial charge in [-0.2, -0.15) is 0 Å². The highest BCUT2D eigenvalue weighted by molar-refractivity contribution is 5.35. The van der Waals surface area contributed by atoms with Crippen molar-refractivity contribution in [3.05, 3.63) is 47.2 Å². The van der Waals surface area contributed by atoms with Gasteiger partial charge in [0.05, 0.1) is 5.92 Å². The molecular formula is C17H23N3O. The van der Waals surface area contributed by atoms with Gasteiger partial charge in [0.1, 0.15) is 0 Å². The molecule has 4 nitrogen and oxygen atoms in total. The SMILES string of the molecule is CCNCCCc1nnc(C2CCCc3ccccc32)o1. The van der Waals surface area contributed by atoms with E-state index in [2.05, 4.69) is 46.7 Å². The Morgan fingerprint density at radius 1 is 1.29 bits per heavy atom. The van der Waals surface area contributed by atoms with E-state index in [4.69, 9.17) is 4.42 Å². The molecule has 4 heteroatoms. The Morgan fingerprint density at radius 3 is 3.10 bits per heavy atom. The lowest BCUT2D eigenvalue weighted by Crippen LogP contribution is -2.14. The smallest absolute Gasteiger partial charge is 0.224 e. The zero-order chi connectivity index (χ0) is 14.5. The van der Waals surface area contributed by atoms with E-state index in [-0.39, 0.29) is 5.92 Å². The minimum absolute atomic E-state index is 0.282. The summed E-state index contributed by atoms with van der Waals surface area (Å²) in [5.41, 5.74) is 2.80. The van der Waals surface area contributed by atoms with Crippen LogP contribution in [-0.2, 0) is 12.8 Å². The van der Waals surface area contributed by atoms with Gasteiger partial charge in [-0.15, -0.1) is 10.2 Å². The molecule has 1 aromatic heterocycles. The number of rotatable bonds is 6. The summed E-state index contributed by atoms with van der Waals surface area (Å²) in [7, 11) is 0. The number of aromatic nitrogens is 2. The second-order valence-electron chi connectivity index (χ2n) is 5.63. The van der Waals surface area contributed by atoms with E-state index in [1.165, 1.54) is 17.5 Å². The molecule has 1 aliphatic carbocycles. The molecule has 0 bridgehead atoms. The van der Waals surface area contributed by atoms with Gasteiger partial charge >= 0.3 is 0 Å². The number of hydrogen-bond donors (Lipinski definition) is 1. The lowest BCUT2D eigenvalue weighted by atomic mass is 9.83. The standard InChI is InChI=1S/C17H23N3O/c1-2-18-12-6-11-16-19-20-17(21-16)15-10-5-8-13-7-3-4-9-14(13)15/h3-4,7,9,15,18H,2,5-6,8,10-12H2,1H3. The summed E-state index contributed by atoms with van der Waals surface area (Å²) in [6, 6.07) is 8.63. The molecule has 1 unspecified atom stereocenters. The summed E-state index contributed by atoms with van der Waals surface area (Å²) < 4.78 is 5.91. The Bertz CT molecular complexity index is 579. The molecule has 0 fully saturated rings. The van der Waals surface area contributed by atoms with Crippen molar-refractivity contribution in [3.63, 3.8) is 0 Å².